The van der Waals surface area contributed by atoms with Gasteiger partial charge in [0.2, 0.25) is 0 Å². The lowest BCUT2D eigenvalue weighted by Crippen LogP contribution is -2.51. The van der Waals surface area contributed by atoms with Gasteiger partial charge >= 0.3 is 12.0 Å². The molecule has 2 amide bonds. The SMILES string of the molecule is CCOc1cc([C@H]2NC(=O)NC(CN3CCC(N4CCCCC4)CC3)=C2C(=O)OC)ccc1O. The van der Waals surface area contributed by atoms with Crippen LogP contribution in [-0.2, 0) is 9.53 Å². The Morgan fingerprint density at radius 1 is 1.15 bits per heavy atom. The Bertz CT molecular complexity index is 920. The third-order valence-corrected chi connectivity index (χ3v) is 7.02. The molecule has 1 aromatic carbocycles. The van der Waals surface area contributed by atoms with E-state index in [1.165, 1.54) is 45.5 Å². The maximum Gasteiger partial charge on any atom is 0.338 e. The molecular formula is C25H36N4O5. The molecule has 9 nitrogen and oxygen atoms in total. The van der Waals surface area contributed by atoms with E-state index in [0.717, 1.165) is 25.9 Å². The van der Waals surface area contributed by atoms with Gasteiger partial charge in [-0.15, -0.1) is 0 Å². The molecule has 2 fully saturated rings. The highest BCUT2D eigenvalue weighted by Crippen LogP contribution is 2.34. The van der Waals surface area contributed by atoms with Crippen molar-refractivity contribution in [2.24, 2.45) is 0 Å². The van der Waals surface area contributed by atoms with E-state index in [1.54, 1.807) is 12.1 Å². The Kier molecular flexibility index (Phi) is 7.95. The first-order valence-electron chi connectivity index (χ1n) is 12.3. The second-order valence-corrected chi connectivity index (χ2v) is 9.18. The number of carbonyl (C=O) groups excluding carboxylic acids is 2. The molecule has 3 aliphatic rings. The fourth-order valence-electron chi connectivity index (χ4n) is 5.27. The summed E-state index contributed by atoms with van der Waals surface area (Å²) in [5.74, 6) is -0.189. The van der Waals surface area contributed by atoms with Gasteiger partial charge in [0, 0.05) is 31.4 Å². The molecule has 0 aliphatic carbocycles. The lowest BCUT2D eigenvalue weighted by atomic mass is 9.94. The first-order chi connectivity index (χ1) is 16.5. The lowest BCUT2D eigenvalue weighted by molar-refractivity contribution is -0.136. The zero-order valence-corrected chi connectivity index (χ0v) is 20.1. The molecule has 3 heterocycles. The quantitative estimate of drug-likeness (QED) is 0.524. The molecule has 0 spiro atoms. The van der Waals surface area contributed by atoms with E-state index in [0.29, 0.717) is 41.8 Å². The number of urea groups is 1. The molecule has 186 valence electrons. The molecule has 34 heavy (non-hydrogen) atoms. The number of ether oxygens (including phenoxy) is 2. The maximum absolute atomic E-state index is 12.9. The Morgan fingerprint density at radius 3 is 2.56 bits per heavy atom. The van der Waals surface area contributed by atoms with Crippen molar-refractivity contribution in [1.82, 2.24) is 20.4 Å². The van der Waals surface area contributed by atoms with Crippen molar-refractivity contribution in [3.8, 4) is 11.5 Å². The van der Waals surface area contributed by atoms with Gasteiger partial charge in [0.15, 0.2) is 11.5 Å². The lowest BCUT2D eigenvalue weighted by Gasteiger charge is -2.41. The summed E-state index contributed by atoms with van der Waals surface area (Å²) < 4.78 is 10.6. The van der Waals surface area contributed by atoms with Crippen LogP contribution in [-0.4, -0.2) is 79.4 Å². The predicted octanol–water partition coefficient (Wildman–Crippen LogP) is 2.52. The van der Waals surface area contributed by atoms with Crippen molar-refractivity contribution < 1.29 is 24.2 Å². The van der Waals surface area contributed by atoms with Crippen LogP contribution in [0.2, 0.25) is 0 Å². The molecule has 4 rings (SSSR count). The van der Waals surface area contributed by atoms with Crippen molar-refractivity contribution in [3.05, 3.63) is 35.0 Å². The number of hydrogen-bond donors (Lipinski definition) is 3. The highest BCUT2D eigenvalue weighted by Gasteiger charge is 2.35. The van der Waals surface area contributed by atoms with Crippen molar-refractivity contribution in [2.75, 3.05) is 46.4 Å². The molecule has 1 atom stereocenters. The Balaban J connectivity index is 1.54. The number of carbonyl (C=O) groups is 2. The smallest absolute Gasteiger partial charge is 0.338 e. The zero-order valence-electron chi connectivity index (χ0n) is 20.1. The minimum atomic E-state index is -0.707. The third-order valence-electron chi connectivity index (χ3n) is 7.02. The van der Waals surface area contributed by atoms with E-state index in [-0.39, 0.29) is 11.8 Å². The number of amides is 2. The Labute approximate surface area is 201 Å². The topological polar surface area (TPSA) is 103 Å². The molecule has 0 bridgehead atoms. The number of phenolic OH excluding ortho intramolecular Hbond substituents is 1. The molecule has 2 saturated heterocycles. The zero-order chi connectivity index (χ0) is 24.1. The summed E-state index contributed by atoms with van der Waals surface area (Å²) in [6.45, 7) is 6.90. The number of nitrogens with zero attached hydrogens (tertiary/aromatic N) is 2. The highest BCUT2D eigenvalue weighted by molar-refractivity contribution is 5.95. The number of aromatic hydroxyl groups is 1. The van der Waals surface area contributed by atoms with Crippen molar-refractivity contribution in [2.45, 2.75) is 51.1 Å². The van der Waals surface area contributed by atoms with Crippen LogP contribution in [0.15, 0.2) is 29.5 Å². The number of esters is 1. The number of phenols is 1. The van der Waals surface area contributed by atoms with Crippen LogP contribution in [0.5, 0.6) is 11.5 Å². The van der Waals surface area contributed by atoms with Gasteiger partial charge in [-0.2, -0.15) is 0 Å². The van der Waals surface area contributed by atoms with Gasteiger partial charge in [-0.1, -0.05) is 12.5 Å². The molecule has 0 saturated carbocycles. The first-order valence-corrected chi connectivity index (χ1v) is 12.3. The molecule has 3 N–H and O–H groups in total. The van der Waals surface area contributed by atoms with Gasteiger partial charge < -0.3 is 30.1 Å². The standard InChI is InChI=1S/C25H36N4O5/c1-3-34-21-15-17(7-8-20(21)30)23-22(24(31)33-2)19(26-25(32)27-23)16-28-13-9-18(10-14-28)29-11-5-4-6-12-29/h7-8,15,18,23,30H,3-6,9-14,16H2,1-2H3,(H2,26,27,32)/t23-/m1/s1. The molecule has 3 aliphatic heterocycles. The van der Waals surface area contributed by atoms with Gasteiger partial charge in [-0.25, -0.2) is 9.59 Å². The third kappa shape index (κ3) is 5.47. The summed E-state index contributed by atoms with van der Waals surface area (Å²) in [6.07, 6.45) is 6.09. The van der Waals surface area contributed by atoms with E-state index >= 15 is 0 Å². The van der Waals surface area contributed by atoms with E-state index in [1.807, 2.05) is 6.92 Å². The van der Waals surface area contributed by atoms with E-state index in [4.69, 9.17) is 9.47 Å². The highest BCUT2D eigenvalue weighted by atomic mass is 16.5. The number of rotatable bonds is 7. The summed E-state index contributed by atoms with van der Waals surface area (Å²) in [5.41, 5.74) is 1.56. The largest absolute Gasteiger partial charge is 0.504 e. The number of hydrogen-bond acceptors (Lipinski definition) is 7. The van der Waals surface area contributed by atoms with Crippen molar-refractivity contribution >= 4 is 12.0 Å². The molecular weight excluding hydrogens is 436 g/mol. The average molecular weight is 473 g/mol. The van der Waals surface area contributed by atoms with Crippen LogP contribution >= 0.6 is 0 Å². The summed E-state index contributed by atoms with van der Waals surface area (Å²) >= 11 is 0. The number of likely N-dealkylation sites (tertiary alicyclic amines) is 2. The van der Waals surface area contributed by atoms with Gasteiger partial charge in [-0.3, -0.25) is 4.90 Å². The Hall–Kier alpha value is -2.78. The summed E-state index contributed by atoms with van der Waals surface area (Å²) in [4.78, 5) is 30.4. The van der Waals surface area contributed by atoms with Gasteiger partial charge in [-0.05, 0) is 63.4 Å². The van der Waals surface area contributed by atoms with Crippen LogP contribution in [0.3, 0.4) is 0 Å². The van der Waals surface area contributed by atoms with E-state index in [9.17, 15) is 14.7 Å². The minimum absolute atomic E-state index is 0.00579. The molecule has 1 aromatic rings. The Morgan fingerprint density at radius 2 is 1.88 bits per heavy atom. The van der Waals surface area contributed by atoms with E-state index in [2.05, 4.69) is 20.4 Å². The molecule has 0 radical (unpaired) electrons. The van der Waals surface area contributed by atoms with Crippen LogP contribution < -0.4 is 15.4 Å². The fourth-order valence-corrected chi connectivity index (χ4v) is 5.27. The number of piperidine rings is 2. The van der Waals surface area contributed by atoms with Gasteiger partial charge in [0.25, 0.3) is 0 Å². The van der Waals surface area contributed by atoms with Gasteiger partial charge in [0.05, 0.1) is 25.3 Å². The number of methoxy groups -OCH3 is 1. The monoisotopic (exact) mass is 472 g/mol. The van der Waals surface area contributed by atoms with Crippen molar-refractivity contribution in [1.29, 1.82) is 0 Å². The fraction of sp³-hybridized carbons (Fsp3) is 0.600. The summed E-state index contributed by atoms with van der Waals surface area (Å²) in [6, 6.07) is 4.38. The molecule has 0 unspecified atom stereocenters. The molecule has 9 heteroatoms. The number of nitrogens with one attached hydrogen (secondary N) is 2. The van der Waals surface area contributed by atoms with Crippen LogP contribution in [0.25, 0.3) is 0 Å². The predicted molar refractivity (Wildman–Crippen MR) is 128 cm³/mol. The normalized spacial score (nSPS) is 22.8. The van der Waals surface area contributed by atoms with Crippen LogP contribution in [0.4, 0.5) is 4.79 Å². The van der Waals surface area contributed by atoms with Crippen molar-refractivity contribution in [3.63, 3.8) is 0 Å². The minimum Gasteiger partial charge on any atom is -0.504 e. The maximum atomic E-state index is 12.9. The summed E-state index contributed by atoms with van der Waals surface area (Å²) in [5, 5.41) is 15.8. The first kappa shape index (κ1) is 24.3. The van der Waals surface area contributed by atoms with E-state index < -0.39 is 12.0 Å². The van der Waals surface area contributed by atoms with Gasteiger partial charge in [0.1, 0.15) is 0 Å². The molecule has 0 aromatic heterocycles. The summed E-state index contributed by atoms with van der Waals surface area (Å²) in [7, 11) is 1.34. The second kappa shape index (κ2) is 11.1. The average Bonchev–Trinajstić information content (AvgIpc) is 2.86. The van der Waals surface area contributed by atoms with Crippen LogP contribution in [0, 0.1) is 0 Å². The number of benzene rings is 1. The second-order valence-electron chi connectivity index (χ2n) is 9.18. The van der Waals surface area contributed by atoms with Crippen LogP contribution in [0.1, 0.15) is 50.6 Å².